The number of hydrogen-bond acceptors (Lipinski definition) is 2. The van der Waals surface area contributed by atoms with Gasteiger partial charge in [0.2, 0.25) is 0 Å². The van der Waals surface area contributed by atoms with Crippen molar-refractivity contribution in [2.45, 2.75) is 45.1 Å². The minimum Gasteiger partial charge on any atom is -0.489 e. The molecule has 0 amide bonds. The van der Waals surface area contributed by atoms with Crippen LogP contribution in [-0.4, -0.2) is 6.10 Å². The van der Waals surface area contributed by atoms with Crippen LogP contribution in [0, 0.1) is 11.3 Å². The van der Waals surface area contributed by atoms with Crippen molar-refractivity contribution >= 4 is 15.9 Å². The highest BCUT2D eigenvalue weighted by Crippen LogP contribution is 2.33. The molecule has 0 unspecified atom stereocenters. The zero-order chi connectivity index (χ0) is 16.2. The van der Waals surface area contributed by atoms with E-state index < -0.39 is 0 Å². The van der Waals surface area contributed by atoms with Gasteiger partial charge in [-0.15, -0.1) is 0 Å². The van der Waals surface area contributed by atoms with Gasteiger partial charge in [-0.3, -0.25) is 0 Å². The summed E-state index contributed by atoms with van der Waals surface area (Å²) in [4.78, 5) is 0. The molecule has 23 heavy (non-hydrogen) atoms. The third-order valence-corrected chi connectivity index (χ3v) is 4.89. The number of rotatable bonds is 5. The monoisotopic (exact) mass is 369 g/mol. The lowest BCUT2D eigenvalue weighted by atomic mass is 9.95. The first-order valence-electron chi connectivity index (χ1n) is 8.16. The molecule has 0 radical (unpaired) electrons. The number of ether oxygens (including phenoxy) is 1. The van der Waals surface area contributed by atoms with Crippen LogP contribution < -0.4 is 4.74 Å². The van der Waals surface area contributed by atoms with E-state index in [9.17, 15) is 5.26 Å². The lowest BCUT2D eigenvalue weighted by Crippen LogP contribution is -2.25. The summed E-state index contributed by atoms with van der Waals surface area (Å²) in [7, 11) is 0. The minimum atomic E-state index is 0.271. The third kappa shape index (κ3) is 3.76. The van der Waals surface area contributed by atoms with E-state index in [1.807, 2.05) is 12.1 Å². The van der Waals surface area contributed by atoms with E-state index in [1.54, 1.807) is 0 Å². The van der Waals surface area contributed by atoms with Gasteiger partial charge in [-0.1, -0.05) is 47.1 Å². The molecule has 1 fully saturated rings. The summed E-state index contributed by atoms with van der Waals surface area (Å²) < 4.78 is 6.98. The van der Waals surface area contributed by atoms with Gasteiger partial charge in [-0.2, -0.15) is 5.26 Å². The largest absolute Gasteiger partial charge is 0.489 e. The van der Waals surface area contributed by atoms with Crippen molar-refractivity contribution in [3.8, 4) is 11.8 Å². The maximum absolute atomic E-state index is 9.61. The molecule has 0 aromatic heterocycles. The minimum absolute atomic E-state index is 0.271. The number of nitriles is 1. The Morgan fingerprint density at radius 3 is 2.43 bits per heavy atom. The van der Waals surface area contributed by atoms with E-state index in [0.717, 1.165) is 35.7 Å². The van der Waals surface area contributed by atoms with E-state index in [1.165, 1.54) is 17.5 Å². The maximum Gasteiger partial charge on any atom is 0.138 e. The molecule has 2 aromatic carbocycles. The molecular weight excluding hydrogens is 350 g/mol. The van der Waals surface area contributed by atoms with E-state index in [4.69, 9.17) is 4.74 Å². The highest BCUT2D eigenvalue weighted by molar-refractivity contribution is 9.10. The van der Waals surface area contributed by atoms with Crippen molar-refractivity contribution in [2.24, 2.45) is 0 Å². The van der Waals surface area contributed by atoms with Gasteiger partial charge in [-0.05, 0) is 60.9 Å². The third-order valence-electron chi connectivity index (χ3n) is 4.43. The fraction of sp³-hybridized carbons (Fsp3) is 0.350. The van der Waals surface area contributed by atoms with Gasteiger partial charge in [-0.25, -0.2) is 0 Å². The normalized spacial score (nSPS) is 14.1. The molecule has 3 rings (SSSR count). The van der Waals surface area contributed by atoms with Gasteiger partial charge < -0.3 is 4.74 Å². The van der Waals surface area contributed by atoms with Crippen LogP contribution in [0.4, 0.5) is 0 Å². The molecule has 3 heteroatoms. The van der Waals surface area contributed by atoms with E-state index in [-0.39, 0.29) is 6.10 Å². The highest BCUT2D eigenvalue weighted by atomic mass is 79.9. The fourth-order valence-corrected chi connectivity index (χ4v) is 3.26. The summed E-state index contributed by atoms with van der Waals surface area (Å²) in [5, 5.41) is 9.61. The van der Waals surface area contributed by atoms with Crippen molar-refractivity contribution in [3.63, 3.8) is 0 Å². The Hall–Kier alpha value is -1.79. The Morgan fingerprint density at radius 2 is 1.87 bits per heavy atom. The fourth-order valence-electron chi connectivity index (χ4n) is 2.78. The first kappa shape index (κ1) is 16.1. The van der Waals surface area contributed by atoms with Crippen molar-refractivity contribution in [2.75, 3.05) is 0 Å². The van der Waals surface area contributed by atoms with Crippen LogP contribution in [0.5, 0.6) is 5.75 Å². The van der Waals surface area contributed by atoms with Crippen molar-refractivity contribution in [3.05, 3.63) is 63.1 Å². The molecule has 0 spiro atoms. The molecule has 2 nitrogen and oxygen atoms in total. The van der Waals surface area contributed by atoms with Gasteiger partial charge in [0.05, 0.1) is 11.7 Å². The Morgan fingerprint density at radius 1 is 1.17 bits per heavy atom. The zero-order valence-corrected chi connectivity index (χ0v) is 14.9. The molecule has 0 aliphatic heterocycles. The topological polar surface area (TPSA) is 33.0 Å². The molecule has 0 atom stereocenters. The van der Waals surface area contributed by atoms with Gasteiger partial charge in [0.25, 0.3) is 0 Å². The van der Waals surface area contributed by atoms with Gasteiger partial charge in [0.15, 0.2) is 0 Å². The number of nitrogens with zero attached hydrogens (tertiary/aromatic N) is 1. The standard InChI is InChI=1S/C20H20BrNO/c1-2-14-6-8-15(9-7-14)10-16-11-17(21)12-20(19(16)13-22)23-18-4-3-5-18/h6-9,11-12,18H,2-5,10H2,1H3. The summed E-state index contributed by atoms with van der Waals surface area (Å²) >= 11 is 3.55. The second-order valence-electron chi connectivity index (χ2n) is 6.07. The predicted molar refractivity (Wildman–Crippen MR) is 95.8 cm³/mol. The van der Waals surface area contributed by atoms with E-state index in [0.29, 0.717) is 11.3 Å². The Bertz CT molecular complexity index is 727. The van der Waals surface area contributed by atoms with Crippen LogP contribution >= 0.6 is 15.9 Å². The predicted octanol–water partition coefficient (Wildman–Crippen LogP) is 5.41. The van der Waals surface area contributed by atoms with Crippen molar-refractivity contribution in [1.29, 1.82) is 5.26 Å². The molecule has 1 aliphatic carbocycles. The Balaban J connectivity index is 1.88. The average molecular weight is 370 g/mol. The quantitative estimate of drug-likeness (QED) is 0.706. The molecular formula is C20H20BrNO. The molecule has 118 valence electrons. The van der Waals surface area contributed by atoms with Crippen LogP contribution in [0.25, 0.3) is 0 Å². The first-order chi connectivity index (χ1) is 11.2. The van der Waals surface area contributed by atoms with Crippen LogP contribution in [0.15, 0.2) is 40.9 Å². The summed E-state index contributed by atoms with van der Waals surface area (Å²) in [5.41, 5.74) is 4.23. The lowest BCUT2D eigenvalue weighted by Gasteiger charge is -2.27. The molecule has 0 saturated heterocycles. The van der Waals surface area contributed by atoms with Gasteiger partial charge in [0, 0.05) is 4.47 Å². The molecule has 1 saturated carbocycles. The van der Waals surface area contributed by atoms with Crippen molar-refractivity contribution in [1.82, 2.24) is 0 Å². The maximum atomic E-state index is 9.61. The van der Waals surface area contributed by atoms with Crippen molar-refractivity contribution < 1.29 is 4.74 Å². The second-order valence-corrected chi connectivity index (χ2v) is 6.98. The summed E-state index contributed by atoms with van der Waals surface area (Å²) in [5.74, 6) is 0.715. The van der Waals surface area contributed by atoms with E-state index >= 15 is 0 Å². The first-order valence-corrected chi connectivity index (χ1v) is 8.96. The SMILES string of the molecule is CCc1ccc(Cc2cc(Br)cc(OC3CCC3)c2C#N)cc1. The Kier molecular flexibility index (Phi) is 5.03. The molecule has 2 aromatic rings. The Labute approximate surface area is 146 Å². The summed E-state index contributed by atoms with van der Waals surface area (Å²) in [6.07, 6.45) is 5.45. The molecule has 0 heterocycles. The summed E-state index contributed by atoms with van der Waals surface area (Å²) in [6, 6.07) is 14.9. The number of aryl methyl sites for hydroxylation is 1. The second kappa shape index (κ2) is 7.19. The number of benzene rings is 2. The smallest absolute Gasteiger partial charge is 0.138 e. The van der Waals surface area contributed by atoms with Gasteiger partial charge >= 0.3 is 0 Å². The highest BCUT2D eigenvalue weighted by Gasteiger charge is 2.22. The zero-order valence-electron chi connectivity index (χ0n) is 13.3. The lowest BCUT2D eigenvalue weighted by molar-refractivity contribution is 0.120. The van der Waals surface area contributed by atoms with E-state index in [2.05, 4.69) is 53.2 Å². The van der Waals surface area contributed by atoms with Crippen LogP contribution in [0.3, 0.4) is 0 Å². The molecule has 0 bridgehead atoms. The number of hydrogen-bond donors (Lipinski definition) is 0. The summed E-state index contributed by atoms with van der Waals surface area (Å²) in [6.45, 7) is 2.15. The average Bonchev–Trinajstić information content (AvgIpc) is 2.51. The molecule has 1 aliphatic rings. The van der Waals surface area contributed by atoms with Crippen LogP contribution in [-0.2, 0) is 12.8 Å². The van der Waals surface area contributed by atoms with Crippen LogP contribution in [0.2, 0.25) is 0 Å². The number of halogens is 1. The van der Waals surface area contributed by atoms with Gasteiger partial charge in [0.1, 0.15) is 11.8 Å². The van der Waals surface area contributed by atoms with Crippen LogP contribution in [0.1, 0.15) is 48.4 Å². The molecule has 0 N–H and O–H groups in total.